The molecule has 1 aromatic carbocycles. The maximum absolute atomic E-state index is 9.13. The van der Waals surface area contributed by atoms with E-state index in [0.29, 0.717) is 5.82 Å². The van der Waals surface area contributed by atoms with Crippen LogP contribution in [0.1, 0.15) is 5.69 Å². The average molecular weight is 316 g/mol. The summed E-state index contributed by atoms with van der Waals surface area (Å²) < 4.78 is 1.61. The molecule has 2 aromatic rings. The quantitative estimate of drug-likeness (QED) is 0.500. The van der Waals surface area contributed by atoms with Crippen molar-refractivity contribution in [3.8, 4) is 23.9 Å². The van der Waals surface area contributed by atoms with Crippen LogP contribution in [0, 0.1) is 40.9 Å². The highest BCUT2D eigenvalue weighted by molar-refractivity contribution is 6.12. The number of nitrogens with zero attached hydrogens (tertiary/aromatic N) is 6. The van der Waals surface area contributed by atoms with Gasteiger partial charge in [0.05, 0.1) is 17.1 Å². The number of benzene rings is 1. The Morgan fingerprint density at radius 3 is 2.42 bits per heavy atom. The van der Waals surface area contributed by atoms with Gasteiger partial charge in [-0.2, -0.15) is 26.0 Å². The van der Waals surface area contributed by atoms with E-state index in [9.17, 15) is 0 Å². The molecule has 0 aliphatic heterocycles. The number of nitriles is 3. The molecule has 1 heterocycles. The van der Waals surface area contributed by atoms with Gasteiger partial charge in [0.2, 0.25) is 0 Å². The topological polar surface area (TPSA) is 140 Å². The normalized spacial score (nSPS) is 10.2. The summed E-state index contributed by atoms with van der Waals surface area (Å²) in [6.45, 7) is 1.82. The largest absolute Gasteiger partial charge is 0.395 e. The minimum absolute atomic E-state index is 0.258. The van der Waals surface area contributed by atoms with E-state index >= 15 is 0 Å². The maximum Gasteiger partial charge on any atom is 0.185 e. The summed E-state index contributed by atoms with van der Waals surface area (Å²) in [5.41, 5.74) is 8.97. The van der Waals surface area contributed by atoms with Gasteiger partial charge in [-0.05, 0) is 19.1 Å². The monoisotopic (exact) mass is 316 g/mol. The zero-order valence-corrected chi connectivity index (χ0v) is 12.7. The lowest BCUT2D eigenvalue weighted by Gasteiger charge is -2.06. The molecule has 0 saturated carbocycles. The van der Waals surface area contributed by atoms with E-state index in [1.54, 1.807) is 29.0 Å². The number of nitrogens with one attached hydrogen (secondary N) is 1. The third kappa shape index (κ3) is 3.38. The molecule has 0 saturated heterocycles. The zero-order chi connectivity index (χ0) is 17.5. The number of para-hydroxylation sites is 1. The zero-order valence-electron chi connectivity index (χ0n) is 12.7. The van der Waals surface area contributed by atoms with E-state index in [-0.39, 0.29) is 17.0 Å². The van der Waals surface area contributed by atoms with Crippen LogP contribution in [-0.4, -0.2) is 15.5 Å². The number of hydrogen-bond acceptors (Lipinski definition) is 7. The molecule has 0 atom stereocenters. The van der Waals surface area contributed by atoms with Crippen molar-refractivity contribution in [2.45, 2.75) is 6.92 Å². The van der Waals surface area contributed by atoms with Gasteiger partial charge < -0.3 is 5.73 Å². The Labute approximate surface area is 138 Å². The molecule has 8 nitrogen and oxygen atoms in total. The van der Waals surface area contributed by atoms with Crippen molar-refractivity contribution in [1.29, 1.82) is 15.8 Å². The number of nitrogens with two attached hydrogens (primary N) is 1. The van der Waals surface area contributed by atoms with E-state index in [2.05, 4.69) is 15.6 Å². The molecule has 8 heteroatoms. The number of hydrogen-bond donors (Lipinski definition) is 2. The molecule has 0 radical (unpaired) electrons. The lowest BCUT2D eigenvalue weighted by Crippen LogP contribution is -2.14. The van der Waals surface area contributed by atoms with Crippen molar-refractivity contribution in [2.75, 3.05) is 5.43 Å². The fourth-order valence-corrected chi connectivity index (χ4v) is 1.87. The molecule has 0 aliphatic carbocycles. The highest BCUT2D eigenvalue weighted by Crippen LogP contribution is 2.17. The van der Waals surface area contributed by atoms with Gasteiger partial charge in [0.15, 0.2) is 11.3 Å². The van der Waals surface area contributed by atoms with Crippen molar-refractivity contribution >= 4 is 11.5 Å². The Kier molecular flexibility index (Phi) is 4.92. The van der Waals surface area contributed by atoms with Crippen LogP contribution in [0.2, 0.25) is 0 Å². The number of allylic oxidation sites excluding steroid dienone is 2. The summed E-state index contributed by atoms with van der Waals surface area (Å²) in [7, 11) is 0. The van der Waals surface area contributed by atoms with Crippen molar-refractivity contribution in [3.05, 3.63) is 53.4 Å². The predicted octanol–water partition coefficient (Wildman–Crippen LogP) is 1.73. The Balaban J connectivity index is 2.40. The number of hydrazone groups is 1. The highest BCUT2D eigenvalue weighted by atomic mass is 15.4. The van der Waals surface area contributed by atoms with Gasteiger partial charge in [-0.15, -0.1) is 0 Å². The Morgan fingerprint density at radius 2 is 1.83 bits per heavy atom. The van der Waals surface area contributed by atoms with Crippen molar-refractivity contribution in [3.63, 3.8) is 0 Å². The number of aryl methyl sites for hydroxylation is 1. The summed E-state index contributed by atoms with van der Waals surface area (Å²) in [5.74, 6) is 0.509. The molecule has 0 bridgehead atoms. The lowest BCUT2D eigenvalue weighted by molar-refractivity contribution is 0.863. The van der Waals surface area contributed by atoms with Crippen molar-refractivity contribution in [1.82, 2.24) is 9.78 Å². The first-order chi connectivity index (χ1) is 11.6. The second-order valence-corrected chi connectivity index (χ2v) is 4.61. The van der Waals surface area contributed by atoms with Crippen LogP contribution in [0.15, 0.2) is 52.8 Å². The number of aromatic nitrogens is 2. The molecule has 0 aliphatic rings. The fraction of sp³-hybridized carbons (Fsp3) is 0.0625. The molecule has 0 fully saturated rings. The molecule has 2 rings (SSSR count). The molecule has 1 aromatic heterocycles. The first-order valence-corrected chi connectivity index (χ1v) is 6.77. The van der Waals surface area contributed by atoms with Gasteiger partial charge in [-0.1, -0.05) is 18.2 Å². The van der Waals surface area contributed by atoms with Gasteiger partial charge in [0.1, 0.15) is 24.0 Å². The third-order valence-corrected chi connectivity index (χ3v) is 2.97. The van der Waals surface area contributed by atoms with E-state index in [1.165, 1.54) is 0 Å². The average Bonchev–Trinajstić information content (AvgIpc) is 2.98. The smallest absolute Gasteiger partial charge is 0.185 e. The summed E-state index contributed by atoms with van der Waals surface area (Å²) >= 11 is 0. The van der Waals surface area contributed by atoms with E-state index in [4.69, 9.17) is 21.5 Å². The minimum Gasteiger partial charge on any atom is -0.395 e. The lowest BCUT2D eigenvalue weighted by atomic mass is 10.2. The second-order valence-electron chi connectivity index (χ2n) is 4.61. The Bertz CT molecular complexity index is 913. The highest BCUT2D eigenvalue weighted by Gasteiger charge is 2.11. The standard InChI is InChI=1S/C16H12N8/c1-11-7-15(24(23-11)13-5-3-2-4-6-13)22-21-14(10-19)16(20)12(8-17)9-18/h2-7,22H,20H2,1H3. The van der Waals surface area contributed by atoms with Crippen molar-refractivity contribution < 1.29 is 0 Å². The molecule has 24 heavy (non-hydrogen) atoms. The number of anilines is 1. The van der Waals surface area contributed by atoms with Gasteiger partial charge in [0.25, 0.3) is 0 Å². The molecule has 0 amide bonds. The molecular weight excluding hydrogens is 304 g/mol. The predicted molar refractivity (Wildman–Crippen MR) is 87.4 cm³/mol. The Morgan fingerprint density at radius 1 is 1.17 bits per heavy atom. The molecule has 116 valence electrons. The van der Waals surface area contributed by atoms with Crippen LogP contribution < -0.4 is 11.2 Å². The van der Waals surface area contributed by atoms with Crippen LogP contribution in [0.3, 0.4) is 0 Å². The van der Waals surface area contributed by atoms with Crippen LogP contribution in [0.4, 0.5) is 5.82 Å². The first kappa shape index (κ1) is 16.3. The molecular formula is C16H12N8. The summed E-state index contributed by atoms with van der Waals surface area (Å²) in [6.07, 6.45) is 0. The SMILES string of the molecule is Cc1cc(NN=C(C#N)C(N)=C(C#N)C#N)n(-c2ccccc2)n1. The van der Waals surface area contributed by atoms with Gasteiger partial charge >= 0.3 is 0 Å². The van der Waals surface area contributed by atoms with Crippen LogP contribution in [0.25, 0.3) is 5.69 Å². The fourth-order valence-electron chi connectivity index (χ4n) is 1.87. The van der Waals surface area contributed by atoms with Gasteiger partial charge in [-0.25, -0.2) is 4.68 Å². The van der Waals surface area contributed by atoms with Crippen LogP contribution in [0.5, 0.6) is 0 Å². The summed E-state index contributed by atoms with van der Waals surface area (Å²) in [4.78, 5) is 0. The first-order valence-electron chi connectivity index (χ1n) is 6.77. The van der Waals surface area contributed by atoms with E-state index in [0.717, 1.165) is 11.4 Å². The van der Waals surface area contributed by atoms with Crippen molar-refractivity contribution in [2.24, 2.45) is 10.8 Å². The van der Waals surface area contributed by atoms with Crippen LogP contribution in [-0.2, 0) is 0 Å². The van der Waals surface area contributed by atoms with E-state index < -0.39 is 0 Å². The van der Waals surface area contributed by atoms with Crippen LogP contribution >= 0.6 is 0 Å². The summed E-state index contributed by atoms with van der Waals surface area (Å²) in [5, 5.41) is 35.0. The third-order valence-electron chi connectivity index (χ3n) is 2.97. The number of rotatable bonds is 4. The molecule has 0 spiro atoms. The van der Waals surface area contributed by atoms with E-state index in [1.807, 2.05) is 37.3 Å². The Hall–Kier alpha value is -4.09. The molecule has 3 N–H and O–H groups in total. The summed E-state index contributed by atoms with van der Waals surface area (Å²) in [6, 6.07) is 16.1. The van der Waals surface area contributed by atoms with Gasteiger partial charge in [0, 0.05) is 6.07 Å². The molecule has 0 unspecified atom stereocenters. The minimum atomic E-state index is -0.371. The van der Waals surface area contributed by atoms with Gasteiger partial charge in [-0.3, -0.25) is 5.43 Å². The maximum atomic E-state index is 9.13. The second kappa shape index (κ2) is 7.26.